The van der Waals surface area contributed by atoms with E-state index in [1.165, 1.54) is 11.3 Å². The van der Waals surface area contributed by atoms with E-state index in [-0.39, 0.29) is 11.8 Å². The molecule has 1 saturated carbocycles. The first kappa shape index (κ1) is 18.2. The molecule has 142 valence electrons. The zero-order valence-electron chi connectivity index (χ0n) is 15.9. The van der Waals surface area contributed by atoms with Crippen LogP contribution in [0.25, 0.3) is 10.4 Å². The molecule has 1 saturated heterocycles. The summed E-state index contributed by atoms with van der Waals surface area (Å²) in [6.45, 7) is 6.75. The van der Waals surface area contributed by atoms with E-state index in [2.05, 4.69) is 18.0 Å². The van der Waals surface area contributed by atoms with Gasteiger partial charge >= 0.3 is 0 Å². The Kier molecular flexibility index (Phi) is 4.54. The number of aromatic nitrogens is 1. The van der Waals surface area contributed by atoms with Crippen molar-refractivity contribution in [1.29, 1.82) is 0 Å². The molecular formula is C21H25N3O2S. The van der Waals surface area contributed by atoms with Crippen molar-refractivity contribution in [2.75, 3.05) is 6.54 Å². The van der Waals surface area contributed by atoms with Crippen molar-refractivity contribution < 1.29 is 9.59 Å². The molecule has 2 N–H and O–H groups in total. The number of carbonyl (C=O) groups excluding carboxylic acids is 2. The van der Waals surface area contributed by atoms with Gasteiger partial charge in [0.15, 0.2) is 0 Å². The fraction of sp³-hybridized carbons (Fsp3) is 0.476. The van der Waals surface area contributed by atoms with Crippen molar-refractivity contribution in [3.05, 3.63) is 40.5 Å². The van der Waals surface area contributed by atoms with Gasteiger partial charge in [-0.2, -0.15) is 0 Å². The van der Waals surface area contributed by atoms with Crippen molar-refractivity contribution >= 4 is 23.2 Å². The Labute approximate surface area is 163 Å². The van der Waals surface area contributed by atoms with Gasteiger partial charge in [0.2, 0.25) is 5.91 Å². The molecular weight excluding hydrogens is 358 g/mol. The van der Waals surface area contributed by atoms with Crippen molar-refractivity contribution in [2.45, 2.75) is 39.7 Å². The lowest BCUT2D eigenvalue weighted by atomic mass is 9.93. The molecule has 2 aromatic rings. The Balaban J connectivity index is 1.70. The number of aryl methyl sites for hydroxylation is 2. The van der Waals surface area contributed by atoms with Crippen LogP contribution in [0.1, 0.15) is 40.8 Å². The van der Waals surface area contributed by atoms with Gasteiger partial charge < -0.3 is 10.6 Å². The topological polar surface area (TPSA) is 76.3 Å². The van der Waals surface area contributed by atoms with E-state index >= 15 is 0 Å². The van der Waals surface area contributed by atoms with Gasteiger partial charge in [-0.15, -0.1) is 11.3 Å². The number of fused-ring (bicyclic) bond motifs is 1. The first-order valence-corrected chi connectivity index (χ1v) is 10.3. The van der Waals surface area contributed by atoms with E-state index in [1.807, 2.05) is 32.0 Å². The van der Waals surface area contributed by atoms with Crippen LogP contribution in [0.5, 0.6) is 0 Å². The predicted octanol–water partition coefficient (Wildman–Crippen LogP) is 3.40. The van der Waals surface area contributed by atoms with Crippen LogP contribution in [-0.2, 0) is 4.79 Å². The Hall–Kier alpha value is -2.21. The summed E-state index contributed by atoms with van der Waals surface area (Å²) in [7, 11) is 0. The average Bonchev–Trinajstić information content (AvgIpc) is 3.25. The van der Waals surface area contributed by atoms with E-state index in [4.69, 9.17) is 5.73 Å². The molecule has 5 nitrogen and oxygen atoms in total. The van der Waals surface area contributed by atoms with E-state index in [1.54, 1.807) is 4.90 Å². The maximum absolute atomic E-state index is 13.4. The van der Waals surface area contributed by atoms with Crippen LogP contribution in [0, 0.1) is 31.6 Å². The van der Waals surface area contributed by atoms with Crippen molar-refractivity contribution in [1.82, 2.24) is 9.88 Å². The highest BCUT2D eigenvalue weighted by atomic mass is 32.1. The summed E-state index contributed by atoms with van der Waals surface area (Å²) in [6.07, 6.45) is 2.02. The molecule has 1 aromatic carbocycles. The molecule has 6 heteroatoms. The first-order valence-electron chi connectivity index (χ1n) is 9.50. The maximum atomic E-state index is 13.4. The van der Waals surface area contributed by atoms with Crippen LogP contribution in [-0.4, -0.2) is 34.3 Å². The van der Waals surface area contributed by atoms with Crippen LogP contribution in [0.3, 0.4) is 0 Å². The van der Waals surface area contributed by atoms with Crippen LogP contribution in [0.4, 0.5) is 0 Å². The molecule has 1 aromatic heterocycles. The highest BCUT2D eigenvalue weighted by Crippen LogP contribution is 2.45. The van der Waals surface area contributed by atoms with Crippen LogP contribution in [0.15, 0.2) is 24.3 Å². The smallest absolute Gasteiger partial charge is 0.274 e. The average molecular weight is 384 g/mol. The molecule has 4 rings (SSSR count). The van der Waals surface area contributed by atoms with Crippen LogP contribution >= 0.6 is 11.3 Å². The minimum Gasteiger partial charge on any atom is -0.368 e. The second kappa shape index (κ2) is 6.75. The number of likely N-dealkylation sites (tertiary alicyclic amines) is 1. The number of primary amides is 1. The standard InChI is InChI=1S/C21H25N3O2S/c1-11-5-4-6-14(7-11)19-17(23-13(3)27-19)21(26)24-10-15-8-12(2)9-16(15)18(24)20(22)25/h4-7,12,15-16,18H,8-10H2,1-3H3,(H2,22,25)/t12?,15?,16-,18?/m0/s1. The molecule has 2 amide bonds. The lowest BCUT2D eigenvalue weighted by Crippen LogP contribution is -2.46. The summed E-state index contributed by atoms with van der Waals surface area (Å²) in [5.74, 6) is 0.575. The van der Waals surface area contributed by atoms with Crippen molar-refractivity contribution in [3.8, 4) is 10.4 Å². The molecule has 0 spiro atoms. The van der Waals surface area contributed by atoms with E-state index in [0.717, 1.165) is 33.9 Å². The number of nitrogens with two attached hydrogens (primary N) is 1. The summed E-state index contributed by atoms with van der Waals surface area (Å²) >= 11 is 1.52. The lowest BCUT2D eigenvalue weighted by Gasteiger charge is -2.25. The van der Waals surface area contributed by atoms with Gasteiger partial charge in [-0.05, 0) is 50.0 Å². The van der Waals surface area contributed by atoms with Crippen LogP contribution in [0.2, 0.25) is 0 Å². The third-order valence-corrected chi connectivity index (χ3v) is 6.95. The van der Waals surface area contributed by atoms with Gasteiger partial charge in [0, 0.05) is 6.54 Å². The minimum absolute atomic E-state index is 0.165. The van der Waals surface area contributed by atoms with Gasteiger partial charge in [0.25, 0.3) is 5.91 Å². The normalized spacial score (nSPS) is 27.0. The summed E-state index contributed by atoms with van der Waals surface area (Å²) in [5.41, 5.74) is 8.30. The molecule has 4 atom stereocenters. The van der Waals surface area contributed by atoms with E-state index < -0.39 is 11.9 Å². The molecule has 2 heterocycles. The number of rotatable bonds is 3. The minimum atomic E-state index is -0.514. The van der Waals surface area contributed by atoms with Gasteiger partial charge in [-0.25, -0.2) is 4.98 Å². The quantitative estimate of drug-likeness (QED) is 0.882. The summed E-state index contributed by atoms with van der Waals surface area (Å²) in [5, 5.41) is 0.846. The monoisotopic (exact) mass is 383 g/mol. The Morgan fingerprint density at radius 1 is 1.26 bits per heavy atom. The number of amides is 2. The molecule has 2 aliphatic rings. The van der Waals surface area contributed by atoms with E-state index in [9.17, 15) is 9.59 Å². The second-order valence-electron chi connectivity index (χ2n) is 8.09. The zero-order chi connectivity index (χ0) is 19.3. The lowest BCUT2D eigenvalue weighted by molar-refractivity contribution is -0.122. The molecule has 0 radical (unpaired) electrons. The number of nitrogens with zero attached hydrogens (tertiary/aromatic N) is 2. The highest BCUT2D eigenvalue weighted by Gasteiger charge is 2.51. The first-order chi connectivity index (χ1) is 12.8. The molecule has 27 heavy (non-hydrogen) atoms. The van der Waals surface area contributed by atoms with Gasteiger partial charge in [0.1, 0.15) is 11.7 Å². The fourth-order valence-electron chi connectivity index (χ4n) is 4.90. The van der Waals surface area contributed by atoms with Gasteiger partial charge in [-0.3, -0.25) is 9.59 Å². The molecule has 1 aliphatic carbocycles. The largest absolute Gasteiger partial charge is 0.368 e. The Bertz CT molecular complexity index is 907. The van der Waals surface area contributed by atoms with Gasteiger partial charge in [0.05, 0.1) is 9.88 Å². The molecule has 3 unspecified atom stereocenters. The SMILES string of the molecule is Cc1cccc(-c2sc(C)nc2C(=O)N2CC3CC(C)C[C@@H]3C2C(N)=O)c1. The summed E-state index contributed by atoms with van der Waals surface area (Å²) in [4.78, 5) is 32.7. The van der Waals surface area contributed by atoms with Crippen molar-refractivity contribution in [2.24, 2.45) is 23.5 Å². The molecule has 2 fully saturated rings. The van der Waals surface area contributed by atoms with Gasteiger partial charge in [-0.1, -0.05) is 36.8 Å². The maximum Gasteiger partial charge on any atom is 0.274 e. The Morgan fingerprint density at radius 2 is 2.04 bits per heavy atom. The zero-order valence-corrected chi connectivity index (χ0v) is 16.8. The van der Waals surface area contributed by atoms with Crippen LogP contribution < -0.4 is 5.73 Å². The predicted molar refractivity (Wildman–Crippen MR) is 106 cm³/mol. The number of carbonyl (C=O) groups is 2. The van der Waals surface area contributed by atoms with Crippen molar-refractivity contribution in [3.63, 3.8) is 0 Å². The third kappa shape index (κ3) is 3.16. The number of benzene rings is 1. The third-order valence-electron chi connectivity index (χ3n) is 5.93. The number of hydrogen-bond donors (Lipinski definition) is 1. The highest BCUT2D eigenvalue weighted by molar-refractivity contribution is 7.15. The summed E-state index contributed by atoms with van der Waals surface area (Å²) in [6, 6.07) is 7.57. The Morgan fingerprint density at radius 3 is 2.74 bits per heavy atom. The number of thiazole rings is 1. The van der Waals surface area contributed by atoms with E-state index in [0.29, 0.717) is 24.1 Å². The summed E-state index contributed by atoms with van der Waals surface area (Å²) < 4.78 is 0. The molecule has 1 aliphatic heterocycles. The second-order valence-corrected chi connectivity index (χ2v) is 9.29. The number of hydrogen-bond acceptors (Lipinski definition) is 4. The fourth-order valence-corrected chi connectivity index (χ4v) is 5.81. The molecule has 0 bridgehead atoms.